The van der Waals surface area contributed by atoms with Gasteiger partial charge in [-0.2, -0.15) is 0 Å². The second kappa shape index (κ2) is 8.02. The van der Waals surface area contributed by atoms with Crippen LogP contribution < -0.4 is 14.8 Å². The summed E-state index contributed by atoms with van der Waals surface area (Å²) in [6.07, 6.45) is 0. The molecule has 4 nitrogen and oxygen atoms in total. The van der Waals surface area contributed by atoms with Crippen molar-refractivity contribution in [2.45, 2.75) is 6.61 Å². The van der Waals surface area contributed by atoms with Crippen LogP contribution in [-0.2, 0) is 6.61 Å². The number of hydrogen-bond acceptors (Lipinski definition) is 3. The Labute approximate surface area is 147 Å². The molecule has 0 atom stereocenters. The van der Waals surface area contributed by atoms with Gasteiger partial charge in [0.1, 0.15) is 18.1 Å². The van der Waals surface area contributed by atoms with Crippen molar-refractivity contribution >= 4 is 11.6 Å². The maximum absolute atomic E-state index is 12.3. The lowest BCUT2D eigenvalue weighted by Crippen LogP contribution is -2.11. The first-order valence-corrected chi connectivity index (χ1v) is 7.97. The Morgan fingerprint density at radius 2 is 1.64 bits per heavy atom. The van der Waals surface area contributed by atoms with Gasteiger partial charge in [-0.25, -0.2) is 0 Å². The molecule has 0 aliphatic carbocycles. The lowest BCUT2D eigenvalue weighted by molar-refractivity contribution is 0.102. The number of anilines is 1. The Kier molecular flexibility index (Phi) is 5.32. The lowest BCUT2D eigenvalue weighted by Gasteiger charge is -2.09. The zero-order valence-electron chi connectivity index (χ0n) is 13.9. The first-order valence-electron chi connectivity index (χ1n) is 7.97. The quantitative estimate of drug-likeness (QED) is 0.721. The van der Waals surface area contributed by atoms with Crippen molar-refractivity contribution in [3.8, 4) is 11.5 Å². The number of ether oxygens (including phenoxy) is 2. The molecule has 25 heavy (non-hydrogen) atoms. The Balaban J connectivity index is 1.59. The van der Waals surface area contributed by atoms with Crippen LogP contribution in [0.1, 0.15) is 15.9 Å². The van der Waals surface area contributed by atoms with Crippen LogP contribution in [0.4, 0.5) is 5.69 Å². The Morgan fingerprint density at radius 1 is 0.880 bits per heavy atom. The number of hydrogen-bond donors (Lipinski definition) is 1. The number of carbonyl (C=O) groups excluding carboxylic acids is 1. The third-order valence-corrected chi connectivity index (χ3v) is 3.69. The van der Waals surface area contributed by atoms with Gasteiger partial charge in [-0.1, -0.05) is 36.4 Å². The fourth-order valence-corrected chi connectivity index (χ4v) is 2.34. The molecule has 0 aliphatic heterocycles. The van der Waals surface area contributed by atoms with E-state index in [9.17, 15) is 4.79 Å². The van der Waals surface area contributed by atoms with E-state index >= 15 is 0 Å². The second-order valence-corrected chi connectivity index (χ2v) is 5.48. The molecule has 0 aliphatic rings. The van der Waals surface area contributed by atoms with Gasteiger partial charge in [-0.05, 0) is 48.0 Å². The van der Waals surface area contributed by atoms with Gasteiger partial charge in [0.15, 0.2) is 0 Å². The molecule has 126 valence electrons. The third-order valence-electron chi connectivity index (χ3n) is 3.69. The standard InChI is InChI=1S/C21H19NO3/c1-24-20-9-5-8-17(14-20)21(23)22-18-10-12-19(13-11-18)25-15-16-6-3-2-4-7-16/h2-14H,15H2,1H3,(H,22,23). The van der Waals surface area contributed by atoms with E-state index in [2.05, 4.69) is 5.32 Å². The SMILES string of the molecule is COc1cccc(C(=O)Nc2ccc(OCc3ccccc3)cc2)c1. The Bertz CT molecular complexity index is 829. The van der Waals surface area contributed by atoms with Gasteiger partial charge in [0.05, 0.1) is 7.11 Å². The van der Waals surface area contributed by atoms with Crippen molar-refractivity contribution in [1.29, 1.82) is 0 Å². The van der Waals surface area contributed by atoms with Crippen LogP contribution in [0.15, 0.2) is 78.9 Å². The first kappa shape index (κ1) is 16.6. The molecule has 0 saturated carbocycles. The summed E-state index contributed by atoms with van der Waals surface area (Å²) in [4.78, 5) is 12.3. The van der Waals surface area contributed by atoms with Crippen molar-refractivity contribution in [1.82, 2.24) is 0 Å². The molecule has 3 aromatic rings. The number of nitrogens with one attached hydrogen (secondary N) is 1. The van der Waals surface area contributed by atoms with Gasteiger partial charge in [0, 0.05) is 11.3 Å². The van der Waals surface area contributed by atoms with Crippen molar-refractivity contribution < 1.29 is 14.3 Å². The largest absolute Gasteiger partial charge is 0.497 e. The molecule has 3 aromatic carbocycles. The summed E-state index contributed by atoms with van der Waals surface area (Å²) >= 11 is 0. The van der Waals surface area contributed by atoms with Crippen LogP contribution in [0.25, 0.3) is 0 Å². The van der Waals surface area contributed by atoms with E-state index in [0.717, 1.165) is 11.3 Å². The Morgan fingerprint density at radius 3 is 2.36 bits per heavy atom. The third kappa shape index (κ3) is 4.61. The van der Waals surface area contributed by atoms with Crippen LogP contribution >= 0.6 is 0 Å². The summed E-state index contributed by atoms with van der Waals surface area (Å²) in [6, 6.07) is 24.3. The number of benzene rings is 3. The predicted molar refractivity (Wildman–Crippen MR) is 98.2 cm³/mol. The Hall–Kier alpha value is -3.27. The minimum absolute atomic E-state index is 0.183. The minimum atomic E-state index is -0.183. The monoisotopic (exact) mass is 333 g/mol. The molecular formula is C21H19NO3. The average molecular weight is 333 g/mol. The molecule has 0 bridgehead atoms. The highest BCUT2D eigenvalue weighted by molar-refractivity contribution is 6.04. The highest BCUT2D eigenvalue weighted by Gasteiger charge is 2.07. The molecule has 3 rings (SSSR count). The van der Waals surface area contributed by atoms with Gasteiger partial charge in [-0.15, -0.1) is 0 Å². The van der Waals surface area contributed by atoms with E-state index in [1.807, 2.05) is 54.6 Å². The maximum atomic E-state index is 12.3. The summed E-state index contributed by atoms with van der Waals surface area (Å²) in [5.41, 5.74) is 2.36. The van der Waals surface area contributed by atoms with Gasteiger partial charge >= 0.3 is 0 Å². The summed E-state index contributed by atoms with van der Waals surface area (Å²) in [5, 5.41) is 2.86. The van der Waals surface area contributed by atoms with Crippen molar-refractivity contribution in [2.75, 3.05) is 12.4 Å². The van der Waals surface area contributed by atoms with Gasteiger partial charge < -0.3 is 14.8 Å². The smallest absolute Gasteiger partial charge is 0.255 e. The summed E-state index contributed by atoms with van der Waals surface area (Å²) in [6.45, 7) is 0.510. The molecule has 0 spiro atoms. The topological polar surface area (TPSA) is 47.6 Å². The first-order chi connectivity index (χ1) is 12.2. The number of carbonyl (C=O) groups is 1. The van der Waals surface area contributed by atoms with Gasteiger partial charge in [-0.3, -0.25) is 4.79 Å². The van der Waals surface area contributed by atoms with Crippen molar-refractivity contribution in [3.05, 3.63) is 90.0 Å². The highest BCUT2D eigenvalue weighted by atomic mass is 16.5. The van der Waals surface area contributed by atoms with Crippen LogP contribution in [0.3, 0.4) is 0 Å². The fourth-order valence-electron chi connectivity index (χ4n) is 2.34. The predicted octanol–water partition coefficient (Wildman–Crippen LogP) is 4.53. The molecule has 0 radical (unpaired) electrons. The van der Waals surface area contributed by atoms with E-state index in [1.54, 1.807) is 31.4 Å². The second-order valence-electron chi connectivity index (χ2n) is 5.48. The average Bonchev–Trinajstić information content (AvgIpc) is 2.68. The maximum Gasteiger partial charge on any atom is 0.255 e. The van der Waals surface area contributed by atoms with Crippen LogP contribution in [-0.4, -0.2) is 13.0 Å². The van der Waals surface area contributed by atoms with Crippen molar-refractivity contribution in [2.24, 2.45) is 0 Å². The van der Waals surface area contributed by atoms with Crippen molar-refractivity contribution in [3.63, 3.8) is 0 Å². The van der Waals surface area contributed by atoms with E-state index < -0.39 is 0 Å². The minimum Gasteiger partial charge on any atom is -0.497 e. The number of amides is 1. The normalized spacial score (nSPS) is 10.1. The molecule has 1 N–H and O–H groups in total. The van der Waals surface area contributed by atoms with Crippen LogP contribution in [0, 0.1) is 0 Å². The molecule has 0 unspecified atom stereocenters. The van der Waals surface area contributed by atoms with Crippen LogP contribution in [0.2, 0.25) is 0 Å². The molecule has 0 saturated heterocycles. The summed E-state index contributed by atoms with van der Waals surface area (Å²) in [7, 11) is 1.57. The van der Waals surface area contributed by atoms with E-state index in [0.29, 0.717) is 23.6 Å². The molecular weight excluding hydrogens is 314 g/mol. The lowest BCUT2D eigenvalue weighted by atomic mass is 10.2. The fraction of sp³-hybridized carbons (Fsp3) is 0.0952. The van der Waals surface area contributed by atoms with Gasteiger partial charge in [0.2, 0.25) is 0 Å². The number of methoxy groups -OCH3 is 1. The zero-order chi connectivity index (χ0) is 17.5. The van der Waals surface area contributed by atoms with Crippen LogP contribution in [0.5, 0.6) is 11.5 Å². The van der Waals surface area contributed by atoms with E-state index in [4.69, 9.17) is 9.47 Å². The number of rotatable bonds is 6. The summed E-state index contributed by atoms with van der Waals surface area (Å²) < 4.78 is 10.9. The molecule has 0 fully saturated rings. The highest BCUT2D eigenvalue weighted by Crippen LogP contribution is 2.19. The molecule has 0 heterocycles. The zero-order valence-corrected chi connectivity index (χ0v) is 13.9. The summed E-state index contributed by atoms with van der Waals surface area (Å²) in [5.74, 6) is 1.22. The molecule has 4 heteroatoms. The van der Waals surface area contributed by atoms with Gasteiger partial charge in [0.25, 0.3) is 5.91 Å². The van der Waals surface area contributed by atoms with E-state index in [1.165, 1.54) is 0 Å². The molecule has 0 aromatic heterocycles. The van der Waals surface area contributed by atoms with E-state index in [-0.39, 0.29) is 5.91 Å². The molecule has 1 amide bonds.